The number of carbonyl (C=O) groups is 2. The van der Waals surface area contributed by atoms with Crippen LogP contribution in [0.4, 0.5) is 11.5 Å². The Morgan fingerprint density at radius 2 is 1.92 bits per heavy atom. The van der Waals surface area contributed by atoms with Crippen LogP contribution in [0.3, 0.4) is 0 Å². The van der Waals surface area contributed by atoms with Crippen molar-refractivity contribution in [1.82, 2.24) is 19.8 Å². The number of nitrogen functional groups attached to an aromatic ring is 1. The first-order valence-corrected chi connectivity index (χ1v) is 15.1. The van der Waals surface area contributed by atoms with Gasteiger partial charge in [-0.1, -0.05) is 19.9 Å². The minimum Gasteiger partial charge on any atom is -0.383 e. The van der Waals surface area contributed by atoms with E-state index in [9.17, 15) is 9.59 Å². The zero-order valence-electron chi connectivity index (χ0n) is 23.0. The Hall–Kier alpha value is -3.04. The number of anilines is 2. The van der Waals surface area contributed by atoms with Gasteiger partial charge in [0, 0.05) is 25.6 Å². The summed E-state index contributed by atoms with van der Waals surface area (Å²) in [6, 6.07) is 8.05. The van der Waals surface area contributed by atoms with E-state index in [0.29, 0.717) is 36.3 Å². The van der Waals surface area contributed by atoms with Gasteiger partial charge in [0.15, 0.2) is 0 Å². The SMILES string of the molecule is CCc1cc(NC(=O)C(=O)N2C[C@@H](C)CC[C@@H]2c2ccc3sc(C4CC(C5CN(C)C5)C4)nc3c2)cnc1N. The second-order valence-electron chi connectivity index (χ2n) is 11.9. The number of rotatable bonds is 5. The standard InChI is InChI=1S/C30H38N6O2S/c1-4-18-11-23(13-32-27(18)31)33-28(37)30(38)36-14-17(2)5-7-25(36)19-6-8-26-24(12-19)34-29(39-26)21-9-20(10-21)22-15-35(3)16-22/h6,8,11-13,17,20-22,25H,4-5,7,9-10,14-16H2,1-3H3,(H2,31,32)(H,33,37)/t17-,20?,21?,25+/m0/s1. The Bertz CT molecular complexity index is 1390. The van der Waals surface area contributed by atoms with Crippen molar-refractivity contribution in [2.75, 3.05) is 37.7 Å². The number of benzene rings is 1. The third-order valence-corrected chi connectivity index (χ3v) is 10.2. The molecule has 4 heterocycles. The molecule has 1 aliphatic carbocycles. The van der Waals surface area contributed by atoms with Gasteiger partial charge in [0.05, 0.1) is 33.2 Å². The number of carbonyl (C=O) groups excluding carboxylic acids is 2. The van der Waals surface area contributed by atoms with E-state index >= 15 is 0 Å². The monoisotopic (exact) mass is 546 g/mol. The van der Waals surface area contributed by atoms with E-state index in [-0.39, 0.29) is 6.04 Å². The summed E-state index contributed by atoms with van der Waals surface area (Å²) in [6.07, 6.45) is 6.55. The van der Waals surface area contributed by atoms with Gasteiger partial charge in [-0.2, -0.15) is 0 Å². The van der Waals surface area contributed by atoms with Crippen molar-refractivity contribution in [3.63, 3.8) is 0 Å². The van der Waals surface area contributed by atoms with E-state index in [4.69, 9.17) is 10.7 Å². The molecule has 3 N–H and O–H groups in total. The molecule has 2 amide bonds. The summed E-state index contributed by atoms with van der Waals surface area (Å²) in [5, 5.41) is 4.00. The molecule has 1 saturated carbocycles. The Morgan fingerprint density at radius 3 is 2.67 bits per heavy atom. The number of fused-ring (bicyclic) bond motifs is 1. The molecule has 6 rings (SSSR count). The van der Waals surface area contributed by atoms with Crippen LogP contribution in [-0.2, 0) is 16.0 Å². The fraction of sp³-hybridized carbons (Fsp3) is 0.533. The average molecular weight is 547 g/mol. The number of piperidine rings is 1. The zero-order chi connectivity index (χ0) is 27.3. The topological polar surface area (TPSA) is 104 Å². The summed E-state index contributed by atoms with van der Waals surface area (Å²) >= 11 is 1.81. The van der Waals surface area contributed by atoms with Gasteiger partial charge in [-0.25, -0.2) is 9.97 Å². The molecule has 1 aromatic carbocycles. The molecule has 3 aromatic rings. The van der Waals surface area contributed by atoms with Gasteiger partial charge in [-0.15, -0.1) is 11.3 Å². The maximum Gasteiger partial charge on any atom is 0.313 e. The van der Waals surface area contributed by atoms with E-state index in [1.807, 2.05) is 18.3 Å². The fourth-order valence-electron chi connectivity index (χ4n) is 6.55. The lowest BCUT2D eigenvalue weighted by molar-refractivity contribution is -0.146. The van der Waals surface area contributed by atoms with Gasteiger partial charge in [0.25, 0.3) is 0 Å². The number of nitrogens with zero attached hydrogens (tertiary/aromatic N) is 4. The minimum absolute atomic E-state index is 0.145. The number of nitrogens with one attached hydrogen (secondary N) is 1. The summed E-state index contributed by atoms with van der Waals surface area (Å²) in [4.78, 5) is 39.9. The molecule has 0 bridgehead atoms. The van der Waals surface area contributed by atoms with Gasteiger partial charge >= 0.3 is 11.8 Å². The van der Waals surface area contributed by atoms with Crippen molar-refractivity contribution >= 4 is 44.9 Å². The molecule has 2 aliphatic heterocycles. The third-order valence-electron chi connectivity index (χ3n) is 9.01. The van der Waals surface area contributed by atoms with E-state index in [0.717, 1.165) is 41.3 Å². The predicted octanol–water partition coefficient (Wildman–Crippen LogP) is 4.83. The van der Waals surface area contributed by atoms with E-state index in [2.05, 4.69) is 47.4 Å². The predicted molar refractivity (Wildman–Crippen MR) is 156 cm³/mol. The number of pyridine rings is 1. The summed E-state index contributed by atoms with van der Waals surface area (Å²) in [5.74, 6) is 1.91. The van der Waals surface area contributed by atoms with Crippen LogP contribution in [0.15, 0.2) is 30.5 Å². The van der Waals surface area contributed by atoms with Crippen LogP contribution in [0, 0.1) is 17.8 Å². The molecule has 0 spiro atoms. The summed E-state index contributed by atoms with van der Waals surface area (Å²) < 4.78 is 1.20. The molecule has 3 fully saturated rings. The largest absolute Gasteiger partial charge is 0.383 e. The summed E-state index contributed by atoms with van der Waals surface area (Å²) in [5.41, 5.74) is 9.29. The number of aromatic nitrogens is 2. The van der Waals surface area contributed by atoms with Crippen molar-refractivity contribution in [3.05, 3.63) is 46.6 Å². The average Bonchev–Trinajstić information content (AvgIpc) is 3.30. The number of nitrogens with two attached hydrogens (primary N) is 1. The number of amides is 2. The molecule has 206 valence electrons. The smallest absolute Gasteiger partial charge is 0.313 e. The number of hydrogen-bond acceptors (Lipinski definition) is 7. The summed E-state index contributed by atoms with van der Waals surface area (Å²) in [6.45, 7) is 7.14. The second kappa shape index (κ2) is 10.5. The van der Waals surface area contributed by atoms with Crippen molar-refractivity contribution in [2.24, 2.45) is 17.8 Å². The zero-order valence-corrected chi connectivity index (χ0v) is 23.8. The molecular weight excluding hydrogens is 508 g/mol. The van der Waals surface area contributed by atoms with Crippen molar-refractivity contribution in [2.45, 2.75) is 57.9 Å². The Kier molecular flexibility index (Phi) is 7.05. The first kappa shape index (κ1) is 26.2. The van der Waals surface area contributed by atoms with E-state index in [1.165, 1.54) is 41.8 Å². The highest BCUT2D eigenvalue weighted by Crippen LogP contribution is 2.49. The molecule has 0 unspecified atom stereocenters. The molecule has 9 heteroatoms. The number of likely N-dealkylation sites (tertiary alicyclic amines) is 2. The molecule has 0 radical (unpaired) electrons. The normalized spacial score (nSPS) is 25.8. The lowest BCUT2D eigenvalue weighted by Crippen LogP contribution is -2.50. The third kappa shape index (κ3) is 5.14. The first-order chi connectivity index (χ1) is 18.8. The van der Waals surface area contributed by atoms with Crippen LogP contribution >= 0.6 is 11.3 Å². The molecule has 2 aromatic heterocycles. The van der Waals surface area contributed by atoms with Gasteiger partial charge < -0.3 is 20.9 Å². The highest BCUT2D eigenvalue weighted by atomic mass is 32.1. The van der Waals surface area contributed by atoms with Gasteiger partial charge in [-0.05, 0) is 86.2 Å². The highest BCUT2D eigenvalue weighted by Gasteiger charge is 2.41. The van der Waals surface area contributed by atoms with Crippen LogP contribution in [0.25, 0.3) is 10.2 Å². The van der Waals surface area contributed by atoms with Crippen molar-refractivity contribution in [3.8, 4) is 0 Å². The minimum atomic E-state index is -0.642. The van der Waals surface area contributed by atoms with Gasteiger partial charge in [0.2, 0.25) is 0 Å². The summed E-state index contributed by atoms with van der Waals surface area (Å²) in [7, 11) is 2.20. The van der Waals surface area contributed by atoms with E-state index < -0.39 is 11.8 Å². The second-order valence-corrected chi connectivity index (χ2v) is 13.0. The molecule has 39 heavy (non-hydrogen) atoms. The fourth-order valence-corrected chi connectivity index (χ4v) is 7.62. The molecular formula is C30H38N6O2S. The maximum absolute atomic E-state index is 13.4. The van der Waals surface area contributed by atoms with Gasteiger partial charge in [-0.3, -0.25) is 9.59 Å². The maximum atomic E-state index is 13.4. The Labute approximate surface area is 234 Å². The van der Waals surface area contributed by atoms with Crippen LogP contribution < -0.4 is 11.1 Å². The van der Waals surface area contributed by atoms with Crippen molar-refractivity contribution < 1.29 is 9.59 Å². The van der Waals surface area contributed by atoms with Crippen LogP contribution in [0.1, 0.15) is 67.6 Å². The molecule has 3 aliphatic rings. The number of aryl methyl sites for hydroxylation is 1. The van der Waals surface area contributed by atoms with Crippen molar-refractivity contribution in [1.29, 1.82) is 0 Å². The first-order valence-electron chi connectivity index (χ1n) is 14.2. The van der Waals surface area contributed by atoms with Crippen LogP contribution in [0.2, 0.25) is 0 Å². The van der Waals surface area contributed by atoms with Crippen LogP contribution in [-0.4, -0.2) is 58.3 Å². The van der Waals surface area contributed by atoms with Gasteiger partial charge in [0.1, 0.15) is 5.82 Å². The lowest BCUT2D eigenvalue weighted by atomic mass is 9.66. The highest BCUT2D eigenvalue weighted by molar-refractivity contribution is 7.18. The molecule has 2 atom stereocenters. The lowest BCUT2D eigenvalue weighted by Gasteiger charge is -2.47. The molecule has 2 saturated heterocycles. The quantitative estimate of drug-likeness (QED) is 0.444. The Morgan fingerprint density at radius 1 is 1.13 bits per heavy atom. The van der Waals surface area contributed by atoms with E-state index in [1.54, 1.807) is 11.0 Å². The van der Waals surface area contributed by atoms with Crippen LogP contribution in [0.5, 0.6) is 0 Å². The number of thiazole rings is 1. The molecule has 8 nitrogen and oxygen atoms in total. The Balaban J connectivity index is 1.17. The number of hydrogen-bond donors (Lipinski definition) is 2.